The van der Waals surface area contributed by atoms with Gasteiger partial charge in [0.05, 0.1) is 6.54 Å². The lowest BCUT2D eigenvalue weighted by Gasteiger charge is -2.04. The highest BCUT2D eigenvalue weighted by atomic mass is 79.9. The highest BCUT2D eigenvalue weighted by Gasteiger charge is 2.19. The maximum absolute atomic E-state index is 10.7. The number of hydrogen-bond donors (Lipinski definition) is 1. The molecule has 0 aliphatic carbocycles. The van der Waals surface area contributed by atoms with E-state index in [-0.39, 0.29) is 5.82 Å². The van der Waals surface area contributed by atoms with Gasteiger partial charge in [-0.25, -0.2) is 0 Å². The molecular formula is C9H9BrN4O2S. The third-order valence-electron chi connectivity index (χ3n) is 2.14. The van der Waals surface area contributed by atoms with Crippen molar-refractivity contribution in [2.45, 2.75) is 6.54 Å². The fraction of sp³-hybridized carbons (Fsp3) is 0.222. The Morgan fingerprint density at radius 1 is 1.71 bits per heavy atom. The molecule has 17 heavy (non-hydrogen) atoms. The molecule has 0 radical (unpaired) electrons. The van der Waals surface area contributed by atoms with Gasteiger partial charge in [0.1, 0.15) is 0 Å². The van der Waals surface area contributed by atoms with Crippen molar-refractivity contribution in [1.29, 1.82) is 0 Å². The van der Waals surface area contributed by atoms with Crippen LogP contribution in [0.4, 0.5) is 11.6 Å². The van der Waals surface area contributed by atoms with Gasteiger partial charge in [-0.05, 0) is 31.9 Å². The number of nitro groups is 1. The molecule has 2 rings (SSSR count). The first kappa shape index (κ1) is 12.1. The maximum Gasteiger partial charge on any atom is 0.406 e. The number of rotatable bonds is 4. The van der Waals surface area contributed by atoms with Crippen LogP contribution in [0, 0.1) is 10.1 Å². The van der Waals surface area contributed by atoms with Crippen LogP contribution < -0.4 is 5.32 Å². The molecule has 0 aromatic carbocycles. The second-order valence-electron chi connectivity index (χ2n) is 3.37. The molecule has 0 saturated heterocycles. The van der Waals surface area contributed by atoms with E-state index >= 15 is 0 Å². The molecule has 8 heteroatoms. The average molecular weight is 317 g/mol. The topological polar surface area (TPSA) is 73.0 Å². The Balaban J connectivity index is 2.13. The summed E-state index contributed by atoms with van der Waals surface area (Å²) in [4.78, 5) is 15.1. The van der Waals surface area contributed by atoms with E-state index < -0.39 is 4.92 Å². The molecule has 2 aromatic heterocycles. The number of anilines is 1. The van der Waals surface area contributed by atoms with Crippen LogP contribution in [-0.2, 0) is 13.6 Å². The molecule has 0 aliphatic heterocycles. The quantitative estimate of drug-likeness (QED) is 0.695. The van der Waals surface area contributed by atoms with Crippen LogP contribution in [0.5, 0.6) is 0 Å². The van der Waals surface area contributed by atoms with E-state index in [1.807, 2.05) is 11.4 Å². The van der Waals surface area contributed by atoms with Gasteiger partial charge in [-0.15, -0.1) is 11.3 Å². The Kier molecular flexibility index (Phi) is 3.43. The predicted octanol–water partition coefficient (Wildman–Crippen LogP) is 2.76. The Morgan fingerprint density at radius 3 is 3.06 bits per heavy atom. The fourth-order valence-corrected chi connectivity index (χ4v) is 2.76. The molecule has 0 unspecified atom stereocenters. The molecule has 0 aliphatic rings. The van der Waals surface area contributed by atoms with E-state index in [0.717, 1.165) is 9.35 Å². The third kappa shape index (κ3) is 2.64. The fourth-order valence-electron chi connectivity index (χ4n) is 1.37. The average Bonchev–Trinajstić information content (AvgIpc) is 2.82. The van der Waals surface area contributed by atoms with E-state index in [1.165, 1.54) is 6.33 Å². The van der Waals surface area contributed by atoms with Crippen LogP contribution in [0.1, 0.15) is 4.88 Å². The summed E-state index contributed by atoms with van der Waals surface area (Å²) in [6.07, 6.45) is 1.42. The second kappa shape index (κ2) is 4.84. The lowest BCUT2D eigenvalue weighted by Crippen LogP contribution is -2.04. The lowest BCUT2D eigenvalue weighted by atomic mass is 10.4. The van der Waals surface area contributed by atoms with Crippen molar-refractivity contribution < 1.29 is 4.92 Å². The predicted molar refractivity (Wildman–Crippen MR) is 69.2 cm³/mol. The minimum absolute atomic E-state index is 0.150. The van der Waals surface area contributed by atoms with Gasteiger partial charge in [-0.2, -0.15) is 0 Å². The molecule has 0 amide bonds. The number of nitrogens with one attached hydrogen (secondary N) is 1. The van der Waals surface area contributed by atoms with Crippen LogP contribution in [0.25, 0.3) is 0 Å². The van der Waals surface area contributed by atoms with Crippen molar-refractivity contribution in [1.82, 2.24) is 9.55 Å². The van der Waals surface area contributed by atoms with Crippen LogP contribution in [0.3, 0.4) is 0 Å². The number of imidazole rings is 1. The Bertz CT molecular complexity index is 551. The molecule has 2 aromatic rings. The first-order valence-electron chi connectivity index (χ1n) is 4.70. The van der Waals surface area contributed by atoms with E-state index in [2.05, 4.69) is 26.2 Å². The molecule has 0 saturated carbocycles. The van der Waals surface area contributed by atoms with Gasteiger partial charge in [0.25, 0.3) is 0 Å². The molecule has 0 spiro atoms. The number of hydrogen-bond acceptors (Lipinski definition) is 5. The second-order valence-corrected chi connectivity index (χ2v) is 5.28. The minimum atomic E-state index is -0.493. The first-order chi connectivity index (χ1) is 8.08. The van der Waals surface area contributed by atoms with E-state index in [0.29, 0.717) is 12.4 Å². The molecular weight excluding hydrogens is 308 g/mol. The van der Waals surface area contributed by atoms with E-state index in [9.17, 15) is 10.1 Å². The largest absolute Gasteiger partial charge is 0.406 e. The lowest BCUT2D eigenvalue weighted by molar-refractivity contribution is -0.388. The molecule has 6 nitrogen and oxygen atoms in total. The molecule has 0 bridgehead atoms. The third-order valence-corrected chi connectivity index (χ3v) is 3.84. The minimum Gasteiger partial charge on any atom is -0.359 e. The number of aromatic nitrogens is 2. The van der Waals surface area contributed by atoms with Crippen molar-refractivity contribution >= 4 is 38.9 Å². The summed E-state index contributed by atoms with van der Waals surface area (Å²) in [6.45, 7) is 0.538. The van der Waals surface area contributed by atoms with E-state index in [1.54, 1.807) is 23.0 Å². The van der Waals surface area contributed by atoms with Crippen LogP contribution in [-0.4, -0.2) is 14.5 Å². The molecule has 0 atom stereocenters. The Morgan fingerprint density at radius 2 is 2.47 bits per heavy atom. The van der Waals surface area contributed by atoms with Crippen LogP contribution >= 0.6 is 27.3 Å². The highest BCUT2D eigenvalue weighted by Crippen LogP contribution is 2.24. The van der Waals surface area contributed by atoms with Crippen molar-refractivity contribution in [3.63, 3.8) is 0 Å². The number of nitrogens with zero attached hydrogens (tertiary/aromatic N) is 3. The van der Waals surface area contributed by atoms with Crippen molar-refractivity contribution in [3.05, 3.63) is 37.2 Å². The van der Waals surface area contributed by atoms with Crippen molar-refractivity contribution in [2.75, 3.05) is 5.32 Å². The molecule has 1 N–H and O–H groups in total. The summed E-state index contributed by atoms with van der Waals surface area (Å²) in [6, 6.07) is 1.97. The van der Waals surface area contributed by atoms with E-state index in [4.69, 9.17) is 0 Å². The maximum atomic E-state index is 10.7. The summed E-state index contributed by atoms with van der Waals surface area (Å²) < 4.78 is 2.61. The summed E-state index contributed by atoms with van der Waals surface area (Å²) in [7, 11) is 1.71. The van der Waals surface area contributed by atoms with Gasteiger partial charge >= 0.3 is 5.82 Å². The SMILES string of the molecule is Cn1cnc([N+](=O)[O-])c1NCc1cc(Br)cs1. The number of aryl methyl sites for hydroxylation is 1. The summed E-state index contributed by atoms with van der Waals surface area (Å²) in [5, 5.41) is 15.7. The van der Waals surface area contributed by atoms with Gasteiger partial charge in [-0.3, -0.25) is 4.57 Å². The van der Waals surface area contributed by atoms with Gasteiger partial charge < -0.3 is 15.4 Å². The number of thiophene rings is 1. The number of halogens is 1. The van der Waals surface area contributed by atoms with Crippen molar-refractivity contribution in [3.8, 4) is 0 Å². The Hall–Kier alpha value is -1.41. The zero-order valence-corrected chi connectivity index (χ0v) is 11.3. The normalized spacial score (nSPS) is 10.5. The van der Waals surface area contributed by atoms with Crippen LogP contribution in [0.15, 0.2) is 22.2 Å². The van der Waals surface area contributed by atoms with Gasteiger partial charge in [0, 0.05) is 21.8 Å². The molecule has 90 valence electrons. The summed E-state index contributed by atoms with van der Waals surface area (Å²) >= 11 is 4.94. The van der Waals surface area contributed by atoms with Gasteiger partial charge in [0.15, 0.2) is 0 Å². The van der Waals surface area contributed by atoms with Gasteiger partial charge in [0.2, 0.25) is 12.1 Å². The van der Waals surface area contributed by atoms with Crippen molar-refractivity contribution in [2.24, 2.45) is 7.05 Å². The van der Waals surface area contributed by atoms with Gasteiger partial charge in [-0.1, -0.05) is 0 Å². The molecule has 0 fully saturated rings. The Labute approximate surface area is 110 Å². The summed E-state index contributed by atoms with van der Waals surface area (Å²) in [5.41, 5.74) is 0. The standard InChI is InChI=1S/C9H9BrN4O2S/c1-13-5-12-9(14(15)16)8(13)11-3-7-2-6(10)4-17-7/h2,4-5,11H,3H2,1H3. The van der Waals surface area contributed by atoms with Crippen LogP contribution in [0.2, 0.25) is 0 Å². The monoisotopic (exact) mass is 316 g/mol. The zero-order chi connectivity index (χ0) is 12.4. The smallest absolute Gasteiger partial charge is 0.359 e. The molecule has 2 heterocycles. The zero-order valence-electron chi connectivity index (χ0n) is 8.88. The summed E-state index contributed by atoms with van der Waals surface area (Å²) in [5.74, 6) is 0.266. The highest BCUT2D eigenvalue weighted by molar-refractivity contribution is 9.10. The first-order valence-corrected chi connectivity index (χ1v) is 6.37.